The number of rotatable bonds is 2. The zero-order valence-corrected chi connectivity index (χ0v) is 7.61. The summed E-state index contributed by atoms with van der Waals surface area (Å²) < 4.78 is 25.6. The normalized spacial score (nSPS) is 11.4. The van der Waals surface area contributed by atoms with Crippen LogP contribution in [0.5, 0.6) is 0 Å². The van der Waals surface area contributed by atoms with E-state index in [1.807, 2.05) is 0 Å². The van der Waals surface area contributed by atoms with Crippen molar-refractivity contribution in [1.82, 2.24) is 0 Å². The van der Waals surface area contributed by atoms with E-state index in [0.717, 1.165) is 19.1 Å². The zero-order valence-electron chi connectivity index (χ0n) is 6.85. The zero-order chi connectivity index (χ0) is 10.1. The number of alkyl halides is 2. The third-order valence-corrected chi connectivity index (χ3v) is 1.78. The molecule has 1 nitrogen and oxygen atoms in total. The summed E-state index contributed by atoms with van der Waals surface area (Å²) in [6.45, 7) is 0.757. The molecular weight excluding hydrogens is 198 g/mol. The van der Waals surface area contributed by atoms with Gasteiger partial charge in [-0.05, 0) is 18.2 Å². The van der Waals surface area contributed by atoms with Gasteiger partial charge in [0, 0.05) is 23.1 Å². The molecule has 1 aromatic rings. The number of carbonyl (C=O) groups is 1. The highest BCUT2D eigenvalue weighted by atomic mass is 35.5. The van der Waals surface area contributed by atoms with E-state index in [1.54, 1.807) is 0 Å². The van der Waals surface area contributed by atoms with Crippen molar-refractivity contribution in [1.29, 1.82) is 0 Å². The Balaban J connectivity index is 3.24. The molecule has 1 rings (SSSR count). The smallest absolute Gasteiger partial charge is 0.270 e. The van der Waals surface area contributed by atoms with Crippen LogP contribution in [0.1, 0.15) is 22.8 Å². The predicted molar refractivity (Wildman–Crippen MR) is 46.4 cm³/mol. The average Bonchev–Trinajstić information content (AvgIpc) is 2.01. The van der Waals surface area contributed by atoms with Crippen molar-refractivity contribution in [2.24, 2.45) is 0 Å². The van der Waals surface area contributed by atoms with Gasteiger partial charge in [-0.2, -0.15) is 0 Å². The Morgan fingerprint density at radius 2 is 2.00 bits per heavy atom. The van der Waals surface area contributed by atoms with Crippen LogP contribution in [0.2, 0.25) is 5.02 Å². The number of hydrogen-bond donors (Lipinski definition) is 0. The van der Waals surface area contributed by atoms with Crippen LogP contribution in [0.3, 0.4) is 0 Å². The molecule has 0 unspecified atom stereocenters. The summed E-state index contributed by atoms with van der Waals surface area (Å²) in [4.78, 5) is 10.3. The maximum Gasteiger partial charge on any atom is 0.270 e. The molecule has 0 N–H and O–H groups in total. The Morgan fingerprint density at radius 3 is 2.46 bits per heavy atom. The molecule has 0 amide bonds. The molecule has 0 aliphatic rings. The topological polar surface area (TPSA) is 17.1 Å². The first kappa shape index (κ1) is 10.1. The summed E-state index contributed by atoms with van der Waals surface area (Å²) in [6, 6.07) is 3.61. The lowest BCUT2D eigenvalue weighted by Crippen LogP contribution is -2.07. The predicted octanol–water partition coefficient (Wildman–Crippen LogP) is 3.26. The second-order valence-corrected chi connectivity index (χ2v) is 3.22. The largest absolute Gasteiger partial charge is 0.298 e. The highest BCUT2D eigenvalue weighted by Crippen LogP contribution is 2.29. The number of benzene rings is 1. The van der Waals surface area contributed by atoms with Crippen LogP contribution in [-0.4, -0.2) is 6.29 Å². The van der Waals surface area contributed by atoms with Crippen molar-refractivity contribution in [3.8, 4) is 0 Å². The monoisotopic (exact) mass is 204 g/mol. The van der Waals surface area contributed by atoms with Gasteiger partial charge >= 0.3 is 0 Å². The third kappa shape index (κ3) is 2.49. The molecule has 4 heteroatoms. The lowest BCUT2D eigenvalue weighted by molar-refractivity contribution is 0.0174. The molecule has 0 radical (unpaired) electrons. The molecule has 0 saturated carbocycles. The highest BCUT2D eigenvalue weighted by molar-refractivity contribution is 6.30. The lowest BCUT2D eigenvalue weighted by Gasteiger charge is -2.10. The molecule has 13 heavy (non-hydrogen) atoms. The minimum absolute atomic E-state index is 0.140. The van der Waals surface area contributed by atoms with Gasteiger partial charge in [0.2, 0.25) is 0 Å². The van der Waals surface area contributed by atoms with Gasteiger partial charge in [0.25, 0.3) is 5.92 Å². The van der Waals surface area contributed by atoms with Gasteiger partial charge in [-0.1, -0.05) is 11.6 Å². The SMILES string of the molecule is CC(F)(F)c1cc(Cl)cc(C=O)c1. The first-order valence-corrected chi connectivity index (χ1v) is 3.95. The molecule has 0 saturated heterocycles. The van der Waals surface area contributed by atoms with Crippen LogP contribution < -0.4 is 0 Å². The number of halogens is 3. The van der Waals surface area contributed by atoms with Crippen molar-refractivity contribution in [2.45, 2.75) is 12.8 Å². The van der Waals surface area contributed by atoms with Crippen molar-refractivity contribution < 1.29 is 13.6 Å². The molecule has 0 aromatic heterocycles. The molecule has 0 aliphatic heterocycles. The number of aldehydes is 1. The van der Waals surface area contributed by atoms with E-state index in [4.69, 9.17) is 11.6 Å². The van der Waals surface area contributed by atoms with E-state index in [9.17, 15) is 13.6 Å². The van der Waals surface area contributed by atoms with E-state index < -0.39 is 5.92 Å². The molecular formula is C9H7ClF2O. The Labute approximate surface area is 79.3 Å². The second-order valence-electron chi connectivity index (χ2n) is 2.78. The third-order valence-electron chi connectivity index (χ3n) is 1.56. The quantitative estimate of drug-likeness (QED) is 0.676. The van der Waals surface area contributed by atoms with Crippen LogP contribution in [0.4, 0.5) is 8.78 Å². The van der Waals surface area contributed by atoms with Gasteiger partial charge in [0.1, 0.15) is 6.29 Å². The first-order valence-electron chi connectivity index (χ1n) is 3.57. The fraction of sp³-hybridized carbons (Fsp3) is 0.222. The Morgan fingerprint density at radius 1 is 1.38 bits per heavy atom. The average molecular weight is 205 g/mol. The summed E-state index contributed by atoms with van der Waals surface area (Å²) in [5.74, 6) is -2.97. The van der Waals surface area contributed by atoms with Crippen LogP contribution in [0, 0.1) is 0 Å². The minimum atomic E-state index is -2.97. The van der Waals surface area contributed by atoms with Gasteiger partial charge in [-0.15, -0.1) is 0 Å². The summed E-state index contributed by atoms with van der Waals surface area (Å²) >= 11 is 5.54. The van der Waals surface area contributed by atoms with E-state index >= 15 is 0 Å². The van der Waals surface area contributed by atoms with Crippen molar-refractivity contribution in [3.05, 3.63) is 34.3 Å². The van der Waals surface area contributed by atoms with E-state index in [0.29, 0.717) is 6.29 Å². The molecule has 0 heterocycles. The molecule has 70 valence electrons. The Hall–Kier alpha value is -0.960. The first-order chi connectivity index (χ1) is 5.93. The molecule has 0 spiro atoms. The van der Waals surface area contributed by atoms with E-state index in [-0.39, 0.29) is 16.1 Å². The number of hydrogen-bond acceptors (Lipinski definition) is 1. The van der Waals surface area contributed by atoms with Gasteiger partial charge < -0.3 is 0 Å². The van der Waals surface area contributed by atoms with Crippen LogP contribution >= 0.6 is 11.6 Å². The van der Waals surface area contributed by atoms with Crippen molar-refractivity contribution in [2.75, 3.05) is 0 Å². The van der Waals surface area contributed by atoms with Gasteiger partial charge in [-0.25, -0.2) is 8.78 Å². The molecule has 1 aromatic carbocycles. The second kappa shape index (κ2) is 3.42. The minimum Gasteiger partial charge on any atom is -0.298 e. The molecule has 0 fully saturated rings. The highest BCUT2D eigenvalue weighted by Gasteiger charge is 2.24. The van der Waals surface area contributed by atoms with Crippen molar-refractivity contribution >= 4 is 17.9 Å². The summed E-state index contributed by atoms with van der Waals surface area (Å²) in [6.07, 6.45) is 0.487. The fourth-order valence-electron chi connectivity index (χ4n) is 0.934. The number of carbonyl (C=O) groups excluding carboxylic acids is 1. The molecule has 0 aliphatic carbocycles. The maximum atomic E-state index is 12.8. The van der Waals surface area contributed by atoms with E-state index in [2.05, 4.69) is 0 Å². The standard InChI is InChI=1S/C9H7ClF2O/c1-9(11,12)7-2-6(5-13)3-8(10)4-7/h2-5H,1H3. The Kier molecular flexibility index (Phi) is 2.66. The van der Waals surface area contributed by atoms with Crippen LogP contribution in [0.15, 0.2) is 18.2 Å². The van der Waals surface area contributed by atoms with Crippen LogP contribution in [-0.2, 0) is 5.92 Å². The van der Waals surface area contributed by atoms with Gasteiger partial charge in [0.15, 0.2) is 0 Å². The van der Waals surface area contributed by atoms with Gasteiger partial charge in [0.05, 0.1) is 0 Å². The van der Waals surface area contributed by atoms with E-state index in [1.165, 1.54) is 6.07 Å². The summed E-state index contributed by atoms with van der Waals surface area (Å²) in [5, 5.41) is 0.140. The molecule has 0 bridgehead atoms. The fourth-order valence-corrected chi connectivity index (χ4v) is 1.18. The summed E-state index contributed by atoms with van der Waals surface area (Å²) in [5.41, 5.74) is -0.0916. The van der Waals surface area contributed by atoms with Crippen molar-refractivity contribution in [3.63, 3.8) is 0 Å². The lowest BCUT2D eigenvalue weighted by atomic mass is 10.1. The maximum absolute atomic E-state index is 12.8. The van der Waals surface area contributed by atoms with Crippen LogP contribution in [0.25, 0.3) is 0 Å². The summed E-state index contributed by atoms with van der Waals surface area (Å²) in [7, 11) is 0. The molecule has 0 atom stereocenters. The Bertz CT molecular complexity index is 331. The van der Waals surface area contributed by atoms with Gasteiger partial charge in [-0.3, -0.25) is 4.79 Å².